The number of halogens is 1. The molecule has 2 aliphatic heterocycles. The van der Waals surface area contributed by atoms with Crippen LogP contribution in [-0.4, -0.2) is 102 Å². The molecule has 2 aliphatic rings. The van der Waals surface area contributed by atoms with Gasteiger partial charge in [-0.05, 0) is 56.0 Å². The van der Waals surface area contributed by atoms with E-state index in [0.29, 0.717) is 48.5 Å². The minimum absolute atomic E-state index is 0.0803. The molecule has 0 spiro atoms. The minimum Gasteiger partial charge on any atom is -0.493 e. The highest BCUT2D eigenvalue weighted by Crippen LogP contribution is 2.40. The van der Waals surface area contributed by atoms with Crippen molar-refractivity contribution in [3.63, 3.8) is 0 Å². The average molecular weight is 609 g/mol. The number of ether oxygens (including phenoxy) is 3. The Morgan fingerprint density at radius 1 is 1.00 bits per heavy atom. The molecule has 226 valence electrons. The summed E-state index contributed by atoms with van der Waals surface area (Å²) in [5.41, 5.74) is 1.80. The number of likely N-dealkylation sites (tertiary alicyclic amines) is 2. The predicted octanol–water partition coefficient (Wildman–Crippen LogP) is 3.54. The lowest BCUT2D eigenvalue weighted by Crippen LogP contribution is -2.54. The Morgan fingerprint density at radius 3 is 2.20 bits per heavy atom. The van der Waals surface area contributed by atoms with E-state index in [-0.39, 0.29) is 23.9 Å². The highest BCUT2D eigenvalue weighted by atomic mass is 35.5. The summed E-state index contributed by atoms with van der Waals surface area (Å²) in [7, 11) is 1.48. The van der Waals surface area contributed by atoms with Gasteiger partial charge >= 0.3 is 6.03 Å². The molecule has 2 atom stereocenters. The van der Waals surface area contributed by atoms with Crippen LogP contribution in [0.15, 0.2) is 36.4 Å². The molecule has 2 amide bonds. The molecule has 0 saturated carbocycles. The number of piperidine rings is 1. The Labute approximate surface area is 248 Å². The quantitative estimate of drug-likeness (QED) is 0.399. The van der Waals surface area contributed by atoms with Crippen molar-refractivity contribution in [2.24, 2.45) is 5.92 Å². The van der Waals surface area contributed by atoms with Gasteiger partial charge in [-0.2, -0.15) is 0 Å². The Hall–Kier alpha value is -2.73. The summed E-state index contributed by atoms with van der Waals surface area (Å²) in [4.78, 5) is 17.8. The predicted molar refractivity (Wildman–Crippen MR) is 161 cm³/mol. The van der Waals surface area contributed by atoms with Crippen LogP contribution in [0.2, 0.25) is 5.02 Å². The van der Waals surface area contributed by atoms with Crippen LogP contribution in [0.3, 0.4) is 0 Å². The largest absolute Gasteiger partial charge is 0.493 e. The number of carbonyl (C=O) groups excluding carboxylic acids is 1. The van der Waals surface area contributed by atoms with Gasteiger partial charge in [0.1, 0.15) is 9.84 Å². The first kappa shape index (κ1) is 31.2. The van der Waals surface area contributed by atoms with Crippen molar-refractivity contribution in [1.29, 1.82) is 0 Å². The maximum absolute atomic E-state index is 13.2. The second-order valence-electron chi connectivity index (χ2n) is 10.9. The molecule has 4 rings (SSSR count). The van der Waals surface area contributed by atoms with E-state index >= 15 is 0 Å². The number of urea groups is 1. The van der Waals surface area contributed by atoms with Crippen LogP contribution in [0, 0.1) is 5.92 Å². The van der Waals surface area contributed by atoms with E-state index in [1.165, 1.54) is 33.1 Å². The second kappa shape index (κ2) is 14.0. The van der Waals surface area contributed by atoms with Crippen molar-refractivity contribution in [3.8, 4) is 17.2 Å². The number of benzene rings is 2. The zero-order chi connectivity index (χ0) is 29.6. The van der Waals surface area contributed by atoms with Gasteiger partial charge in [-0.1, -0.05) is 23.7 Å². The number of amides is 2. The molecule has 12 heteroatoms. The number of nitrogens with zero attached hydrogens (tertiary/aromatic N) is 2. The van der Waals surface area contributed by atoms with Gasteiger partial charge in [0.15, 0.2) is 11.5 Å². The number of sulfone groups is 1. The van der Waals surface area contributed by atoms with E-state index < -0.39 is 9.84 Å². The van der Waals surface area contributed by atoms with Crippen LogP contribution in [-0.2, 0) is 16.3 Å². The summed E-state index contributed by atoms with van der Waals surface area (Å²) in [5.74, 6) is 2.00. The molecular weight excluding hydrogens is 568 g/mol. The monoisotopic (exact) mass is 608 g/mol. The molecule has 0 aromatic heterocycles. The summed E-state index contributed by atoms with van der Waals surface area (Å²) < 4.78 is 39.9. The molecule has 41 heavy (non-hydrogen) atoms. The topological polar surface area (TPSA) is 109 Å². The standard InChI is InChI=1S/C29H41ClN4O6S/c1-38-26-16-23(17-27(39-2)28(26)40-3)31-29(35)32-24-18-33(13-14-41(4,36)37)19-25(24)34-11-9-21(10-12-34)15-20-5-7-22(30)8-6-20/h5-8,16-17,21,24-25H,9-15,18-19H2,1-4H3,(H2,31,32,35)/t24-,25-/m1/s1. The first-order chi connectivity index (χ1) is 19.6. The zero-order valence-corrected chi connectivity index (χ0v) is 25.8. The minimum atomic E-state index is -3.09. The fourth-order valence-electron chi connectivity index (χ4n) is 5.79. The van der Waals surface area contributed by atoms with E-state index in [2.05, 4.69) is 32.6 Å². The van der Waals surface area contributed by atoms with Gasteiger partial charge in [-0.15, -0.1) is 0 Å². The third kappa shape index (κ3) is 8.64. The number of nitrogens with one attached hydrogen (secondary N) is 2. The highest BCUT2D eigenvalue weighted by Gasteiger charge is 2.39. The van der Waals surface area contributed by atoms with Crippen molar-refractivity contribution in [3.05, 3.63) is 47.0 Å². The molecule has 2 aromatic carbocycles. The number of anilines is 1. The number of rotatable bonds is 11. The Morgan fingerprint density at radius 2 is 1.63 bits per heavy atom. The second-order valence-corrected chi connectivity index (χ2v) is 13.6. The SMILES string of the molecule is COc1cc(NC(=O)N[C@@H]2CN(CCS(C)(=O)=O)C[C@H]2N2CCC(Cc3ccc(Cl)cc3)CC2)cc(OC)c1OC. The molecular formula is C29H41ClN4O6S. The summed E-state index contributed by atoms with van der Waals surface area (Å²) >= 11 is 6.05. The van der Waals surface area contributed by atoms with E-state index in [0.717, 1.165) is 37.4 Å². The van der Waals surface area contributed by atoms with Gasteiger partial charge in [-0.3, -0.25) is 9.80 Å². The van der Waals surface area contributed by atoms with Crippen LogP contribution >= 0.6 is 11.6 Å². The van der Waals surface area contributed by atoms with Gasteiger partial charge in [0, 0.05) is 49.1 Å². The number of hydrogen-bond donors (Lipinski definition) is 2. The number of methoxy groups -OCH3 is 3. The van der Waals surface area contributed by atoms with Crippen LogP contribution in [0.25, 0.3) is 0 Å². The van der Waals surface area contributed by atoms with Crippen molar-refractivity contribution < 1.29 is 27.4 Å². The van der Waals surface area contributed by atoms with E-state index in [4.69, 9.17) is 25.8 Å². The summed E-state index contributed by atoms with van der Waals surface area (Å²) in [6, 6.07) is 11.0. The van der Waals surface area contributed by atoms with Gasteiger partial charge in [0.05, 0.1) is 38.8 Å². The lowest BCUT2D eigenvalue weighted by atomic mass is 9.89. The first-order valence-electron chi connectivity index (χ1n) is 13.8. The van der Waals surface area contributed by atoms with Gasteiger partial charge in [0.25, 0.3) is 0 Å². The van der Waals surface area contributed by atoms with Crippen molar-refractivity contribution in [2.45, 2.75) is 31.3 Å². The smallest absolute Gasteiger partial charge is 0.319 e. The van der Waals surface area contributed by atoms with Crippen LogP contribution in [0.5, 0.6) is 17.2 Å². The molecule has 10 nitrogen and oxygen atoms in total. The Balaban J connectivity index is 1.41. The summed E-state index contributed by atoms with van der Waals surface area (Å²) in [5, 5.41) is 6.80. The Kier molecular flexibility index (Phi) is 10.6. The molecule has 0 bridgehead atoms. The number of carbonyl (C=O) groups is 1. The zero-order valence-electron chi connectivity index (χ0n) is 24.2. The lowest BCUT2D eigenvalue weighted by Gasteiger charge is -2.38. The molecule has 2 fully saturated rings. The van der Waals surface area contributed by atoms with Crippen molar-refractivity contribution in [1.82, 2.24) is 15.1 Å². The van der Waals surface area contributed by atoms with Gasteiger partial charge in [0.2, 0.25) is 5.75 Å². The third-order valence-electron chi connectivity index (χ3n) is 7.94. The molecule has 2 aromatic rings. The van der Waals surface area contributed by atoms with Gasteiger partial charge in [-0.25, -0.2) is 13.2 Å². The van der Waals surface area contributed by atoms with Crippen molar-refractivity contribution >= 4 is 33.2 Å². The molecule has 2 saturated heterocycles. The normalized spacial score (nSPS) is 20.5. The van der Waals surface area contributed by atoms with Gasteiger partial charge < -0.3 is 24.8 Å². The average Bonchev–Trinajstić information content (AvgIpc) is 3.35. The van der Waals surface area contributed by atoms with E-state index in [1.54, 1.807) is 12.1 Å². The lowest BCUT2D eigenvalue weighted by molar-refractivity contribution is 0.122. The molecule has 2 N–H and O–H groups in total. The van der Waals surface area contributed by atoms with Crippen molar-refractivity contribution in [2.75, 3.05) is 71.4 Å². The molecule has 0 unspecified atom stereocenters. The number of hydrogen-bond acceptors (Lipinski definition) is 8. The summed E-state index contributed by atoms with van der Waals surface area (Å²) in [6.45, 7) is 3.57. The summed E-state index contributed by atoms with van der Waals surface area (Å²) in [6.07, 6.45) is 4.40. The molecule has 2 heterocycles. The first-order valence-corrected chi connectivity index (χ1v) is 16.3. The molecule has 0 aliphatic carbocycles. The highest BCUT2D eigenvalue weighted by molar-refractivity contribution is 7.90. The van der Waals surface area contributed by atoms with Crippen LogP contribution < -0.4 is 24.8 Å². The molecule has 0 radical (unpaired) electrons. The maximum atomic E-state index is 13.2. The Bertz CT molecular complexity index is 1260. The van der Waals surface area contributed by atoms with E-state index in [9.17, 15) is 13.2 Å². The third-order valence-corrected chi connectivity index (χ3v) is 9.11. The maximum Gasteiger partial charge on any atom is 0.319 e. The van der Waals surface area contributed by atoms with E-state index in [1.807, 2.05) is 12.1 Å². The fourth-order valence-corrected chi connectivity index (χ4v) is 6.50. The fraction of sp³-hybridized carbons (Fsp3) is 0.552. The van der Waals surface area contributed by atoms with Crippen LogP contribution in [0.4, 0.5) is 10.5 Å². The van der Waals surface area contributed by atoms with Crippen LogP contribution in [0.1, 0.15) is 18.4 Å².